The first kappa shape index (κ1) is 22.1. The van der Waals surface area contributed by atoms with Gasteiger partial charge < -0.3 is 19.5 Å². The van der Waals surface area contributed by atoms with Gasteiger partial charge in [0.1, 0.15) is 11.7 Å². The first-order valence-electron chi connectivity index (χ1n) is 10.1. The van der Waals surface area contributed by atoms with Crippen LogP contribution in [0.5, 0.6) is 5.75 Å². The molecule has 2 aromatic carbocycles. The molecule has 31 heavy (non-hydrogen) atoms. The molecule has 2 aromatic rings. The van der Waals surface area contributed by atoms with Gasteiger partial charge in [0.05, 0.1) is 31.6 Å². The Kier molecular flexibility index (Phi) is 7.07. The molecule has 0 bridgehead atoms. The topological polar surface area (TPSA) is 90.9 Å². The summed E-state index contributed by atoms with van der Waals surface area (Å²) in [4.78, 5) is 39.1. The van der Waals surface area contributed by atoms with Crippen LogP contribution in [-0.2, 0) is 23.9 Å². The molecule has 0 saturated heterocycles. The average molecular weight is 423 g/mol. The minimum Gasteiger partial charge on any atom is -0.497 e. The van der Waals surface area contributed by atoms with Gasteiger partial charge in [-0.25, -0.2) is 4.79 Å². The minimum atomic E-state index is -1.25. The van der Waals surface area contributed by atoms with E-state index >= 15 is 0 Å². The van der Waals surface area contributed by atoms with Gasteiger partial charge in [0.15, 0.2) is 0 Å². The zero-order chi connectivity index (χ0) is 22.4. The van der Waals surface area contributed by atoms with Crippen molar-refractivity contribution in [3.63, 3.8) is 0 Å². The van der Waals surface area contributed by atoms with Crippen LogP contribution in [0.2, 0.25) is 0 Å². The highest BCUT2D eigenvalue weighted by Crippen LogP contribution is 2.41. The second-order valence-electron chi connectivity index (χ2n) is 6.85. The number of carbonyl (C=O) groups is 3. The van der Waals surface area contributed by atoms with E-state index in [1.54, 1.807) is 62.4 Å². The number of esters is 2. The molecule has 1 aliphatic heterocycles. The lowest BCUT2D eigenvalue weighted by Gasteiger charge is -2.33. The molecule has 1 aliphatic rings. The molecule has 1 amide bonds. The molecule has 0 saturated carbocycles. The molecule has 7 nitrogen and oxygen atoms in total. The predicted molar refractivity (Wildman–Crippen MR) is 114 cm³/mol. The standard InChI is InChI=1S/C24H25NO6/c1-4-30-23(27)19-18(16-12-9-13-17(14-16)29-3)20(24(28)31-5-2)22(26)25-21(19)15-10-7-6-8-11-15/h6-14,18,20H,4-5H2,1-3H3,(H,25,26)/t18-,20+/m1/s1. The fourth-order valence-corrected chi connectivity index (χ4v) is 3.68. The van der Waals surface area contributed by atoms with Crippen molar-refractivity contribution in [1.29, 1.82) is 0 Å². The molecule has 7 heteroatoms. The molecule has 0 aliphatic carbocycles. The van der Waals surface area contributed by atoms with Crippen LogP contribution in [0, 0.1) is 5.92 Å². The third-order valence-electron chi connectivity index (χ3n) is 5.00. The summed E-state index contributed by atoms with van der Waals surface area (Å²) in [5.74, 6) is -3.48. The number of benzene rings is 2. The molecule has 0 spiro atoms. The molecule has 3 rings (SSSR count). The smallest absolute Gasteiger partial charge is 0.336 e. The first-order chi connectivity index (χ1) is 15.0. The fourth-order valence-electron chi connectivity index (χ4n) is 3.68. The van der Waals surface area contributed by atoms with Crippen LogP contribution < -0.4 is 10.1 Å². The molecule has 0 aromatic heterocycles. The van der Waals surface area contributed by atoms with Gasteiger partial charge in [-0.1, -0.05) is 42.5 Å². The molecular formula is C24H25NO6. The Balaban J connectivity index is 2.29. The second-order valence-corrected chi connectivity index (χ2v) is 6.85. The monoisotopic (exact) mass is 423 g/mol. The van der Waals surface area contributed by atoms with E-state index in [1.165, 1.54) is 7.11 Å². The summed E-state index contributed by atoms with van der Waals surface area (Å²) in [6, 6.07) is 15.9. The van der Waals surface area contributed by atoms with Crippen LogP contribution in [0.4, 0.5) is 0 Å². The lowest BCUT2D eigenvalue weighted by Crippen LogP contribution is -2.46. The first-order valence-corrected chi connectivity index (χ1v) is 10.1. The number of carbonyl (C=O) groups excluding carboxylic acids is 3. The summed E-state index contributed by atoms with van der Waals surface area (Å²) >= 11 is 0. The number of hydrogen-bond acceptors (Lipinski definition) is 6. The SMILES string of the molecule is CCOC(=O)C1=C(c2ccccc2)NC(=O)[C@@H](C(=O)OCC)[C@@H]1c1cccc(OC)c1. The van der Waals surface area contributed by atoms with E-state index in [4.69, 9.17) is 14.2 Å². The Labute approximate surface area is 181 Å². The number of ether oxygens (including phenoxy) is 3. The minimum absolute atomic E-state index is 0.109. The van der Waals surface area contributed by atoms with Crippen molar-refractivity contribution < 1.29 is 28.6 Å². The van der Waals surface area contributed by atoms with E-state index in [1.807, 2.05) is 6.07 Å². The Bertz CT molecular complexity index is 998. The van der Waals surface area contributed by atoms with Crippen molar-refractivity contribution in [1.82, 2.24) is 5.32 Å². The maximum absolute atomic E-state index is 13.1. The molecule has 2 atom stereocenters. The molecule has 0 radical (unpaired) electrons. The summed E-state index contributed by atoms with van der Waals surface area (Å²) < 4.78 is 15.8. The van der Waals surface area contributed by atoms with Gasteiger partial charge in [-0.05, 0) is 37.1 Å². The van der Waals surface area contributed by atoms with Crippen LogP contribution in [0.25, 0.3) is 5.70 Å². The zero-order valence-electron chi connectivity index (χ0n) is 17.7. The van der Waals surface area contributed by atoms with Crippen LogP contribution in [-0.4, -0.2) is 38.2 Å². The zero-order valence-corrected chi connectivity index (χ0v) is 17.7. The van der Waals surface area contributed by atoms with E-state index in [-0.39, 0.29) is 18.8 Å². The average Bonchev–Trinajstić information content (AvgIpc) is 2.79. The van der Waals surface area contributed by atoms with E-state index in [0.717, 1.165) is 0 Å². The summed E-state index contributed by atoms with van der Waals surface area (Å²) in [5, 5.41) is 2.75. The van der Waals surface area contributed by atoms with Gasteiger partial charge in [-0.15, -0.1) is 0 Å². The van der Waals surface area contributed by atoms with Crippen molar-refractivity contribution in [2.75, 3.05) is 20.3 Å². The normalized spacial score (nSPS) is 18.2. The Morgan fingerprint density at radius 2 is 1.68 bits per heavy atom. The van der Waals surface area contributed by atoms with E-state index < -0.39 is 29.7 Å². The van der Waals surface area contributed by atoms with Gasteiger partial charge in [0.25, 0.3) is 0 Å². The number of hydrogen-bond donors (Lipinski definition) is 1. The van der Waals surface area contributed by atoms with Gasteiger partial charge in [-0.3, -0.25) is 9.59 Å². The highest BCUT2D eigenvalue weighted by Gasteiger charge is 2.47. The highest BCUT2D eigenvalue weighted by atomic mass is 16.5. The third kappa shape index (κ3) is 4.60. The van der Waals surface area contributed by atoms with E-state index in [0.29, 0.717) is 22.6 Å². The van der Waals surface area contributed by atoms with Crippen LogP contribution in [0.3, 0.4) is 0 Å². The maximum Gasteiger partial charge on any atom is 0.336 e. The lowest BCUT2D eigenvalue weighted by molar-refractivity contribution is -0.153. The molecule has 1 N–H and O–H groups in total. The predicted octanol–water partition coefficient (Wildman–Crippen LogP) is 3.06. The molecule has 0 unspecified atom stereocenters. The van der Waals surface area contributed by atoms with E-state index in [2.05, 4.69) is 5.32 Å². The van der Waals surface area contributed by atoms with Gasteiger partial charge in [0, 0.05) is 5.92 Å². The van der Waals surface area contributed by atoms with Gasteiger partial charge in [-0.2, -0.15) is 0 Å². The summed E-state index contributed by atoms with van der Waals surface area (Å²) in [5.41, 5.74) is 1.72. The summed E-state index contributed by atoms with van der Waals surface area (Å²) in [7, 11) is 1.52. The maximum atomic E-state index is 13.1. The summed E-state index contributed by atoms with van der Waals surface area (Å²) in [6.07, 6.45) is 0. The van der Waals surface area contributed by atoms with Gasteiger partial charge in [0.2, 0.25) is 5.91 Å². The third-order valence-corrected chi connectivity index (χ3v) is 5.00. The van der Waals surface area contributed by atoms with Crippen molar-refractivity contribution in [3.8, 4) is 5.75 Å². The van der Waals surface area contributed by atoms with Crippen molar-refractivity contribution in [3.05, 3.63) is 71.3 Å². The Morgan fingerprint density at radius 3 is 2.32 bits per heavy atom. The fraction of sp³-hybridized carbons (Fsp3) is 0.292. The van der Waals surface area contributed by atoms with Crippen molar-refractivity contribution in [2.45, 2.75) is 19.8 Å². The van der Waals surface area contributed by atoms with Crippen molar-refractivity contribution in [2.24, 2.45) is 5.92 Å². The Morgan fingerprint density at radius 1 is 0.968 bits per heavy atom. The highest BCUT2D eigenvalue weighted by molar-refractivity contribution is 6.11. The van der Waals surface area contributed by atoms with Crippen LogP contribution in [0.1, 0.15) is 30.9 Å². The largest absolute Gasteiger partial charge is 0.497 e. The van der Waals surface area contributed by atoms with Crippen molar-refractivity contribution >= 4 is 23.5 Å². The molecule has 0 fully saturated rings. The van der Waals surface area contributed by atoms with Crippen LogP contribution >= 0.6 is 0 Å². The summed E-state index contributed by atoms with van der Waals surface area (Å²) in [6.45, 7) is 3.62. The van der Waals surface area contributed by atoms with Gasteiger partial charge >= 0.3 is 11.9 Å². The Hall–Kier alpha value is -3.61. The quantitative estimate of drug-likeness (QED) is 0.544. The molecule has 1 heterocycles. The number of methoxy groups -OCH3 is 1. The lowest BCUT2D eigenvalue weighted by atomic mass is 9.75. The number of rotatable bonds is 7. The molecule has 162 valence electrons. The van der Waals surface area contributed by atoms with Crippen LogP contribution in [0.15, 0.2) is 60.2 Å². The second kappa shape index (κ2) is 9.93. The number of nitrogens with one attached hydrogen (secondary N) is 1. The molecular weight excluding hydrogens is 398 g/mol. The number of amides is 1. The van der Waals surface area contributed by atoms with E-state index in [9.17, 15) is 14.4 Å².